The summed E-state index contributed by atoms with van der Waals surface area (Å²) in [6, 6.07) is 11.7. The quantitative estimate of drug-likeness (QED) is 0.466. The van der Waals surface area contributed by atoms with Crippen LogP contribution >= 0.6 is 11.3 Å². The summed E-state index contributed by atoms with van der Waals surface area (Å²) in [6.45, 7) is 2.49. The molecule has 11 heteroatoms. The number of anilines is 1. The number of hydrogen-bond donors (Lipinski definition) is 0. The number of ether oxygens (including phenoxy) is 2. The van der Waals surface area contributed by atoms with Gasteiger partial charge in [-0.1, -0.05) is 11.3 Å². The molecule has 1 aliphatic heterocycles. The van der Waals surface area contributed by atoms with E-state index in [9.17, 15) is 13.2 Å². The zero-order chi connectivity index (χ0) is 24.3. The molecule has 1 aliphatic rings. The number of hydrogen-bond acceptors (Lipinski definition) is 8. The van der Waals surface area contributed by atoms with Crippen LogP contribution in [0.5, 0.6) is 5.75 Å². The second kappa shape index (κ2) is 10.4. The third kappa shape index (κ3) is 5.23. The van der Waals surface area contributed by atoms with Crippen molar-refractivity contribution in [3.8, 4) is 5.75 Å². The number of methoxy groups -OCH3 is 1. The first kappa shape index (κ1) is 24.6. The van der Waals surface area contributed by atoms with Crippen molar-refractivity contribution in [3.05, 3.63) is 48.0 Å². The van der Waals surface area contributed by atoms with Gasteiger partial charge in [-0.15, -0.1) is 0 Å². The van der Waals surface area contributed by atoms with Gasteiger partial charge in [-0.05, 0) is 50.5 Å². The molecule has 0 spiro atoms. The van der Waals surface area contributed by atoms with Crippen molar-refractivity contribution in [1.29, 1.82) is 0 Å². The standard InChI is InChI=1S/C23H28N4O5S2/c1-25(2)10-11-27(23-24-20-16-18(31-3)6-9-21(20)33-23)22(28)17-4-7-19(8-5-17)34(29,30)26-12-14-32-15-13-26/h4-9,16H,10-15H2,1-3H3. The number of likely N-dealkylation sites (N-methyl/N-ethyl adjacent to an activating group) is 1. The topological polar surface area (TPSA) is 92.3 Å². The second-order valence-electron chi connectivity index (χ2n) is 8.13. The number of carbonyl (C=O) groups excluding carboxylic acids is 1. The molecule has 0 atom stereocenters. The Hall–Kier alpha value is -2.57. The van der Waals surface area contributed by atoms with Crippen LogP contribution in [0, 0.1) is 0 Å². The van der Waals surface area contributed by atoms with Gasteiger partial charge >= 0.3 is 0 Å². The van der Waals surface area contributed by atoms with E-state index < -0.39 is 10.0 Å². The van der Waals surface area contributed by atoms with E-state index in [0.717, 1.165) is 10.2 Å². The molecule has 1 fully saturated rings. The molecule has 1 saturated heterocycles. The average Bonchev–Trinajstić information content (AvgIpc) is 3.27. The molecular weight excluding hydrogens is 476 g/mol. The number of sulfonamides is 1. The number of nitrogens with zero attached hydrogens (tertiary/aromatic N) is 4. The monoisotopic (exact) mass is 504 g/mol. The Morgan fingerprint density at radius 2 is 1.82 bits per heavy atom. The van der Waals surface area contributed by atoms with E-state index in [-0.39, 0.29) is 10.8 Å². The van der Waals surface area contributed by atoms with Crippen LogP contribution in [0.2, 0.25) is 0 Å². The Kier molecular flexibility index (Phi) is 7.48. The fourth-order valence-electron chi connectivity index (χ4n) is 3.58. The molecule has 0 radical (unpaired) electrons. The molecule has 4 rings (SSSR count). The van der Waals surface area contributed by atoms with Gasteiger partial charge in [0.2, 0.25) is 10.0 Å². The second-order valence-corrected chi connectivity index (χ2v) is 11.1. The maximum atomic E-state index is 13.5. The van der Waals surface area contributed by atoms with Crippen molar-refractivity contribution >= 4 is 42.6 Å². The average molecular weight is 505 g/mol. The molecular formula is C23H28N4O5S2. The lowest BCUT2D eigenvalue weighted by atomic mass is 10.2. The van der Waals surface area contributed by atoms with Crippen molar-refractivity contribution in [3.63, 3.8) is 0 Å². The summed E-state index contributed by atoms with van der Waals surface area (Å²) in [4.78, 5) is 22.0. The fraction of sp³-hybridized carbons (Fsp3) is 0.391. The maximum Gasteiger partial charge on any atom is 0.260 e. The third-order valence-corrected chi connectivity index (χ3v) is 8.51. The van der Waals surface area contributed by atoms with Gasteiger partial charge in [-0.2, -0.15) is 4.31 Å². The Balaban J connectivity index is 1.61. The van der Waals surface area contributed by atoms with Gasteiger partial charge in [0.25, 0.3) is 5.91 Å². The molecule has 1 aromatic heterocycles. The summed E-state index contributed by atoms with van der Waals surface area (Å²) >= 11 is 1.43. The lowest BCUT2D eigenvalue weighted by Gasteiger charge is -2.26. The molecule has 0 N–H and O–H groups in total. The molecule has 3 aromatic rings. The van der Waals surface area contributed by atoms with Crippen LogP contribution < -0.4 is 9.64 Å². The SMILES string of the molecule is COc1ccc2sc(N(CCN(C)C)C(=O)c3ccc(S(=O)(=O)N4CCOCC4)cc3)nc2c1. The third-order valence-electron chi connectivity index (χ3n) is 5.54. The summed E-state index contributed by atoms with van der Waals surface area (Å²) < 4.78 is 38.7. The summed E-state index contributed by atoms with van der Waals surface area (Å²) in [6.07, 6.45) is 0. The number of thiazole rings is 1. The zero-order valence-corrected chi connectivity index (χ0v) is 21.1. The first-order valence-corrected chi connectivity index (χ1v) is 13.1. The van der Waals surface area contributed by atoms with Crippen LogP contribution in [0.25, 0.3) is 10.2 Å². The van der Waals surface area contributed by atoms with Gasteiger partial charge in [0.05, 0.1) is 35.4 Å². The van der Waals surface area contributed by atoms with Crippen LogP contribution in [0.3, 0.4) is 0 Å². The molecule has 0 saturated carbocycles. The smallest absolute Gasteiger partial charge is 0.260 e. The van der Waals surface area contributed by atoms with E-state index in [0.29, 0.717) is 55.8 Å². The van der Waals surface area contributed by atoms with Crippen molar-refractivity contribution in [2.45, 2.75) is 4.90 Å². The lowest BCUT2D eigenvalue weighted by Crippen LogP contribution is -2.40. The number of carbonyl (C=O) groups is 1. The predicted molar refractivity (Wildman–Crippen MR) is 132 cm³/mol. The Morgan fingerprint density at radius 3 is 2.47 bits per heavy atom. The molecule has 34 heavy (non-hydrogen) atoms. The number of rotatable bonds is 8. The maximum absolute atomic E-state index is 13.5. The summed E-state index contributed by atoms with van der Waals surface area (Å²) in [5.41, 5.74) is 1.16. The molecule has 1 amide bonds. The van der Waals surface area contributed by atoms with Gasteiger partial charge in [-0.25, -0.2) is 13.4 Å². The highest BCUT2D eigenvalue weighted by atomic mass is 32.2. The highest BCUT2D eigenvalue weighted by Crippen LogP contribution is 2.32. The molecule has 0 aliphatic carbocycles. The van der Waals surface area contributed by atoms with Crippen molar-refractivity contribution < 1.29 is 22.7 Å². The molecule has 9 nitrogen and oxygen atoms in total. The molecule has 182 valence electrons. The van der Waals surface area contributed by atoms with Gasteiger partial charge in [-0.3, -0.25) is 9.69 Å². The van der Waals surface area contributed by atoms with E-state index in [1.807, 2.05) is 37.2 Å². The first-order chi connectivity index (χ1) is 16.3. The summed E-state index contributed by atoms with van der Waals surface area (Å²) in [7, 11) is 1.86. The normalized spacial score (nSPS) is 15.1. The lowest BCUT2D eigenvalue weighted by molar-refractivity contribution is 0.0730. The van der Waals surface area contributed by atoms with Gasteiger partial charge in [0.1, 0.15) is 5.75 Å². The Morgan fingerprint density at radius 1 is 1.12 bits per heavy atom. The Bertz CT molecular complexity index is 1250. The van der Waals surface area contributed by atoms with E-state index >= 15 is 0 Å². The number of amides is 1. The van der Waals surface area contributed by atoms with Crippen LogP contribution in [-0.4, -0.2) is 89.1 Å². The van der Waals surface area contributed by atoms with E-state index in [2.05, 4.69) is 4.98 Å². The first-order valence-electron chi connectivity index (χ1n) is 10.9. The predicted octanol–water partition coefficient (Wildman–Crippen LogP) is 2.53. The minimum atomic E-state index is -3.62. The highest BCUT2D eigenvalue weighted by Gasteiger charge is 2.27. The largest absolute Gasteiger partial charge is 0.497 e. The minimum absolute atomic E-state index is 0.165. The minimum Gasteiger partial charge on any atom is -0.497 e. The van der Waals surface area contributed by atoms with E-state index in [4.69, 9.17) is 9.47 Å². The van der Waals surface area contributed by atoms with Gasteiger partial charge in [0.15, 0.2) is 5.13 Å². The fourth-order valence-corrected chi connectivity index (χ4v) is 5.96. The number of fused-ring (bicyclic) bond motifs is 1. The van der Waals surface area contributed by atoms with Crippen LogP contribution in [-0.2, 0) is 14.8 Å². The van der Waals surface area contributed by atoms with Gasteiger partial charge < -0.3 is 14.4 Å². The molecule has 0 unspecified atom stereocenters. The summed E-state index contributed by atoms with van der Waals surface area (Å²) in [5, 5.41) is 0.583. The molecule has 0 bridgehead atoms. The highest BCUT2D eigenvalue weighted by molar-refractivity contribution is 7.89. The van der Waals surface area contributed by atoms with Crippen LogP contribution in [0.15, 0.2) is 47.4 Å². The zero-order valence-electron chi connectivity index (χ0n) is 19.4. The molecule has 2 aromatic carbocycles. The van der Waals surface area contributed by atoms with Crippen LogP contribution in [0.1, 0.15) is 10.4 Å². The summed E-state index contributed by atoms with van der Waals surface area (Å²) in [5.74, 6) is 0.468. The van der Waals surface area contributed by atoms with Crippen molar-refractivity contribution in [2.24, 2.45) is 0 Å². The Labute approximate surface area is 203 Å². The number of morpholine rings is 1. The molecule has 2 heterocycles. The van der Waals surface area contributed by atoms with E-state index in [1.165, 1.54) is 27.8 Å². The van der Waals surface area contributed by atoms with Gasteiger partial charge in [0, 0.05) is 37.8 Å². The van der Waals surface area contributed by atoms with Crippen molar-refractivity contribution in [2.75, 3.05) is 65.5 Å². The van der Waals surface area contributed by atoms with Crippen molar-refractivity contribution in [1.82, 2.24) is 14.2 Å². The van der Waals surface area contributed by atoms with Crippen LogP contribution in [0.4, 0.5) is 5.13 Å². The van der Waals surface area contributed by atoms with E-state index in [1.54, 1.807) is 24.1 Å². The number of benzene rings is 2. The number of aromatic nitrogens is 1.